The predicted molar refractivity (Wildman–Crippen MR) is 76.9 cm³/mol. The summed E-state index contributed by atoms with van der Waals surface area (Å²) in [5, 5.41) is 15.8. The highest BCUT2D eigenvalue weighted by Crippen LogP contribution is 2.19. The molecule has 0 atom stereocenters. The predicted octanol–water partition coefficient (Wildman–Crippen LogP) is 2.10. The van der Waals surface area contributed by atoms with Crippen molar-refractivity contribution in [2.45, 2.75) is 37.3 Å². The Balaban J connectivity index is 1.86. The summed E-state index contributed by atoms with van der Waals surface area (Å²) < 4.78 is 14.6. The van der Waals surface area contributed by atoms with E-state index in [9.17, 15) is 4.39 Å². The van der Waals surface area contributed by atoms with Crippen LogP contribution in [0.4, 0.5) is 4.39 Å². The molecule has 0 aliphatic heterocycles. The SMILES string of the molecule is CC(C)NCCn1nnnc1SCc1ccc(F)cc1. The van der Waals surface area contributed by atoms with Gasteiger partial charge in [0.1, 0.15) is 5.82 Å². The third kappa shape index (κ3) is 4.57. The molecule has 1 N–H and O–H groups in total. The molecule has 1 aromatic heterocycles. The lowest BCUT2D eigenvalue weighted by Gasteiger charge is -2.08. The van der Waals surface area contributed by atoms with Crippen LogP contribution in [-0.2, 0) is 12.3 Å². The van der Waals surface area contributed by atoms with Gasteiger partial charge in [-0.3, -0.25) is 0 Å². The average Bonchev–Trinajstić information content (AvgIpc) is 2.85. The summed E-state index contributed by atoms with van der Waals surface area (Å²) in [5.74, 6) is 0.501. The van der Waals surface area contributed by atoms with Crippen LogP contribution in [0, 0.1) is 5.82 Å². The van der Waals surface area contributed by atoms with Crippen LogP contribution in [0.25, 0.3) is 0 Å². The van der Waals surface area contributed by atoms with Crippen LogP contribution in [0.5, 0.6) is 0 Å². The Labute approximate surface area is 122 Å². The molecule has 5 nitrogen and oxygen atoms in total. The molecule has 1 aromatic carbocycles. The standard InChI is InChI=1S/C13H18FN5S/c1-10(2)15-7-8-19-13(16-17-18-19)20-9-11-3-5-12(14)6-4-11/h3-6,10,15H,7-9H2,1-2H3. The maximum Gasteiger partial charge on any atom is 0.209 e. The van der Waals surface area contributed by atoms with Gasteiger partial charge in [0.25, 0.3) is 0 Å². The summed E-state index contributed by atoms with van der Waals surface area (Å²) in [5.41, 5.74) is 1.05. The van der Waals surface area contributed by atoms with E-state index in [1.165, 1.54) is 12.1 Å². The summed E-state index contributed by atoms with van der Waals surface area (Å²) in [6.45, 7) is 5.76. The summed E-state index contributed by atoms with van der Waals surface area (Å²) in [6.07, 6.45) is 0. The first-order valence-electron chi connectivity index (χ1n) is 6.52. The molecular formula is C13H18FN5S. The number of thioether (sulfide) groups is 1. The fourth-order valence-electron chi connectivity index (χ4n) is 1.63. The van der Waals surface area contributed by atoms with Crippen molar-refractivity contribution in [3.8, 4) is 0 Å². The summed E-state index contributed by atoms with van der Waals surface area (Å²) in [4.78, 5) is 0. The zero-order valence-electron chi connectivity index (χ0n) is 11.6. The smallest absolute Gasteiger partial charge is 0.209 e. The molecule has 2 rings (SSSR count). The first-order valence-corrected chi connectivity index (χ1v) is 7.50. The van der Waals surface area contributed by atoms with Crippen molar-refractivity contribution in [2.24, 2.45) is 0 Å². The Hall–Kier alpha value is -1.47. The number of nitrogens with one attached hydrogen (secondary N) is 1. The fourth-order valence-corrected chi connectivity index (χ4v) is 2.49. The largest absolute Gasteiger partial charge is 0.313 e. The van der Waals surface area contributed by atoms with Crippen LogP contribution in [0.1, 0.15) is 19.4 Å². The van der Waals surface area contributed by atoms with Gasteiger partial charge in [-0.25, -0.2) is 9.07 Å². The van der Waals surface area contributed by atoms with Gasteiger partial charge < -0.3 is 5.32 Å². The number of rotatable bonds is 7. The van der Waals surface area contributed by atoms with Gasteiger partial charge in [0.15, 0.2) is 0 Å². The molecule has 0 saturated heterocycles. The van der Waals surface area contributed by atoms with Crippen LogP contribution < -0.4 is 5.32 Å². The minimum atomic E-state index is -0.219. The van der Waals surface area contributed by atoms with E-state index in [-0.39, 0.29) is 5.82 Å². The van der Waals surface area contributed by atoms with Crippen LogP contribution >= 0.6 is 11.8 Å². The molecule has 0 bridgehead atoms. The minimum absolute atomic E-state index is 0.219. The van der Waals surface area contributed by atoms with Gasteiger partial charge in [0.2, 0.25) is 5.16 Å². The molecule has 108 valence electrons. The van der Waals surface area contributed by atoms with E-state index in [1.807, 2.05) is 0 Å². The molecular weight excluding hydrogens is 277 g/mol. The first-order chi connectivity index (χ1) is 9.65. The van der Waals surface area contributed by atoms with Crippen molar-refractivity contribution >= 4 is 11.8 Å². The van der Waals surface area contributed by atoms with Gasteiger partial charge in [-0.15, -0.1) is 5.10 Å². The molecule has 1 heterocycles. The third-order valence-electron chi connectivity index (χ3n) is 2.66. The second kappa shape index (κ2) is 7.35. The summed E-state index contributed by atoms with van der Waals surface area (Å²) in [7, 11) is 0. The molecule has 0 radical (unpaired) electrons. The van der Waals surface area contributed by atoms with Gasteiger partial charge >= 0.3 is 0 Å². The Morgan fingerprint density at radius 2 is 2.05 bits per heavy atom. The number of benzene rings is 1. The van der Waals surface area contributed by atoms with Crippen LogP contribution in [0.2, 0.25) is 0 Å². The lowest BCUT2D eigenvalue weighted by atomic mass is 10.2. The molecule has 0 unspecified atom stereocenters. The van der Waals surface area contributed by atoms with Crippen LogP contribution in [0.3, 0.4) is 0 Å². The van der Waals surface area contributed by atoms with E-state index in [2.05, 4.69) is 34.7 Å². The Morgan fingerprint density at radius 3 is 2.75 bits per heavy atom. The second-order valence-corrected chi connectivity index (χ2v) is 5.65. The van der Waals surface area contributed by atoms with Crippen LogP contribution in [0.15, 0.2) is 29.4 Å². The van der Waals surface area contributed by atoms with Crippen molar-refractivity contribution in [1.29, 1.82) is 0 Å². The maximum absolute atomic E-state index is 12.8. The maximum atomic E-state index is 12.8. The lowest BCUT2D eigenvalue weighted by Crippen LogP contribution is -2.27. The number of halogens is 1. The highest BCUT2D eigenvalue weighted by molar-refractivity contribution is 7.98. The average molecular weight is 295 g/mol. The van der Waals surface area contributed by atoms with Crippen molar-refractivity contribution in [3.05, 3.63) is 35.6 Å². The number of tetrazole rings is 1. The van der Waals surface area contributed by atoms with Gasteiger partial charge in [0.05, 0.1) is 6.54 Å². The van der Waals surface area contributed by atoms with E-state index in [0.717, 1.165) is 29.6 Å². The normalized spacial score (nSPS) is 11.2. The van der Waals surface area contributed by atoms with E-state index >= 15 is 0 Å². The second-order valence-electron chi connectivity index (χ2n) is 4.71. The number of nitrogens with zero attached hydrogens (tertiary/aromatic N) is 4. The quantitative estimate of drug-likeness (QED) is 0.793. The lowest BCUT2D eigenvalue weighted by molar-refractivity contribution is 0.485. The summed E-state index contributed by atoms with van der Waals surface area (Å²) in [6, 6.07) is 6.92. The monoisotopic (exact) mass is 295 g/mol. The third-order valence-corrected chi connectivity index (χ3v) is 3.68. The molecule has 0 spiro atoms. The molecule has 0 aliphatic rings. The molecule has 0 fully saturated rings. The fraction of sp³-hybridized carbons (Fsp3) is 0.462. The highest BCUT2D eigenvalue weighted by atomic mass is 32.2. The van der Waals surface area contributed by atoms with Crippen molar-refractivity contribution in [1.82, 2.24) is 25.5 Å². The van der Waals surface area contributed by atoms with E-state index in [1.54, 1.807) is 28.6 Å². The molecule has 0 saturated carbocycles. The highest BCUT2D eigenvalue weighted by Gasteiger charge is 2.07. The van der Waals surface area contributed by atoms with Crippen molar-refractivity contribution < 1.29 is 4.39 Å². The zero-order chi connectivity index (χ0) is 14.4. The van der Waals surface area contributed by atoms with Crippen molar-refractivity contribution in [3.63, 3.8) is 0 Å². The number of aromatic nitrogens is 4. The van der Waals surface area contributed by atoms with E-state index in [0.29, 0.717) is 6.04 Å². The Kier molecular flexibility index (Phi) is 5.49. The molecule has 2 aromatic rings. The van der Waals surface area contributed by atoms with Gasteiger partial charge in [-0.2, -0.15) is 0 Å². The topological polar surface area (TPSA) is 55.6 Å². The molecule has 0 amide bonds. The number of hydrogen-bond acceptors (Lipinski definition) is 5. The first kappa shape index (κ1) is 14.9. The van der Waals surface area contributed by atoms with E-state index in [4.69, 9.17) is 0 Å². The van der Waals surface area contributed by atoms with Crippen LogP contribution in [-0.4, -0.2) is 32.8 Å². The Morgan fingerprint density at radius 1 is 1.30 bits per heavy atom. The summed E-state index contributed by atoms with van der Waals surface area (Å²) >= 11 is 1.55. The molecule has 7 heteroatoms. The number of hydrogen-bond donors (Lipinski definition) is 1. The van der Waals surface area contributed by atoms with Gasteiger partial charge in [-0.05, 0) is 28.1 Å². The van der Waals surface area contributed by atoms with Gasteiger partial charge in [0, 0.05) is 18.3 Å². The van der Waals surface area contributed by atoms with Crippen molar-refractivity contribution in [2.75, 3.05) is 6.54 Å². The minimum Gasteiger partial charge on any atom is -0.313 e. The molecule has 20 heavy (non-hydrogen) atoms. The van der Waals surface area contributed by atoms with E-state index < -0.39 is 0 Å². The van der Waals surface area contributed by atoms with Gasteiger partial charge in [-0.1, -0.05) is 37.7 Å². The Bertz CT molecular complexity index is 526. The zero-order valence-corrected chi connectivity index (χ0v) is 12.4. The molecule has 0 aliphatic carbocycles.